The van der Waals surface area contributed by atoms with Gasteiger partial charge in [-0.3, -0.25) is 4.79 Å². The summed E-state index contributed by atoms with van der Waals surface area (Å²) in [5.41, 5.74) is 1.94. The van der Waals surface area contributed by atoms with Crippen molar-refractivity contribution in [3.63, 3.8) is 0 Å². The average Bonchev–Trinajstić information content (AvgIpc) is 2.65. The molecule has 0 unspecified atom stereocenters. The van der Waals surface area contributed by atoms with Gasteiger partial charge in [0, 0.05) is 25.1 Å². The molecule has 1 aliphatic heterocycles. The number of morpholine rings is 1. The van der Waals surface area contributed by atoms with Crippen LogP contribution in [-0.4, -0.2) is 41.3 Å². The molecule has 2 atom stereocenters. The van der Waals surface area contributed by atoms with Crippen molar-refractivity contribution in [1.29, 1.82) is 0 Å². The number of hydrogen-bond donors (Lipinski definition) is 0. The maximum atomic E-state index is 12.2. The smallest absolute Gasteiger partial charge is 0.223 e. The molecule has 0 aliphatic carbocycles. The van der Waals surface area contributed by atoms with E-state index < -0.39 is 0 Å². The molecule has 19 heavy (non-hydrogen) atoms. The topological polar surface area (TPSA) is 55.6 Å². The minimum Gasteiger partial charge on any atom is -0.372 e. The van der Waals surface area contributed by atoms with Crippen LogP contribution in [0.1, 0.15) is 37.3 Å². The Kier molecular flexibility index (Phi) is 4.24. The van der Waals surface area contributed by atoms with Crippen molar-refractivity contribution >= 4 is 5.91 Å². The Balaban J connectivity index is 1.91. The van der Waals surface area contributed by atoms with Gasteiger partial charge in [0.2, 0.25) is 5.91 Å². The van der Waals surface area contributed by atoms with Gasteiger partial charge in [-0.25, -0.2) is 0 Å². The van der Waals surface area contributed by atoms with Gasteiger partial charge in [0.05, 0.1) is 17.9 Å². The fourth-order valence-corrected chi connectivity index (χ4v) is 2.63. The zero-order chi connectivity index (χ0) is 14.0. The molecule has 106 valence electrons. The SMILES string of the molecule is Cc1noc(C)c1CCC(=O)N1C[C@@H](C)O[C@H](C)C1. The van der Waals surface area contributed by atoms with Gasteiger partial charge in [-0.15, -0.1) is 0 Å². The van der Waals surface area contributed by atoms with E-state index in [1.54, 1.807) is 0 Å². The maximum Gasteiger partial charge on any atom is 0.223 e. The van der Waals surface area contributed by atoms with Gasteiger partial charge in [0.1, 0.15) is 5.76 Å². The first-order chi connectivity index (χ1) is 8.97. The van der Waals surface area contributed by atoms with Crippen LogP contribution in [0.25, 0.3) is 0 Å². The largest absolute Gasteiger partial charge is 0.372 e. The molecule has 0 bridgehead atoms. The van der Waals surface area contributed by atoms with Crippen molar-refractivity contribution in [1.82, 2.24) is 10.1 Å². The second-order valence-electron chi connectivity index (χ2n) is 5.36. The van der Waals surface area contributed by atoms with Crippen LogP contribution in [0, 0.1) is 13.8 Å². The maximum absolute atomic E-state index is 12.2. The molecule has 1 amide bonds. The summed E-state index contributed by atoms with van der Waals surface area (Å²) in [6.07, 6.45) is 1.43. The molecule has 1 aromatic heterocycles. The summed E-state index contributed by atoms with van der Waals surface area (Å²) in [7, 11) is 0. The number of aromatic nitrogens is 1. The Morgan fingerprint density at radius 3 is 2.47 bits per heavy atom. The summed E-state index contributed by atoms with van der Waals surface area (Å²) in [5.74, 6) is 0.996. The lowest BCUT2D eigenvalue weighted by Crippen LogP contribution is -2.48. The zero-order valence-electron chi connectivity index (χ0n) is 12.1. The summed E-state index contributed by atoms with van der Waals surface area (Å²) in [6.45, 7) is 9.18. The van der Waals surface area contributed by atoms with Crippen LogP contribution in [0.3, 0.4) is 0 Å². The lowest BCUT2D eigenvalue weighted by molar-refractivity contribution is -0.143. The van der Waals surface area contributed by atoms with Crippen LogP contribution in [0.5, 0.6) is 0 Å². The van der Waals surface area contributed by atoms with E-state index in [9.17, 15) is 4.79 Å². The van der Waals surface area contributed by atoms with Crippen LogP contribution in [0.15, 0.2) is 4.52 Å². The first-order valence-corrected chi connectivity index (χ1v) is 6.82. The molecule has 5 heteroatoms. The molecular formula is C14H22N2O3. The molecule has 0 radical (unpaired) electrons. The van der Waals surface area contributed by atoms with E-state index in [1.165, 1.54) is 0 Å². The molecule has 1 fully saturated rings. The van der Waals surface area contributed by atoms with Gasteiger partial charge in [-0.05, 0) is 34.1 Å². The minimum atomic E-state index is 0.117. The minimum absolute atomic E-state index is 0.117. The highest BCUT2D eigenvalue weighted by atomic mass is 16.5. The van der Waals surface area contributed by atoms with Crippen LogP contribution in [0.4, 0.5) is 0 Å². The quantitative estimate of drug-likeness (QED) is 0.838. The normalized spacial score (nSPS) is 23.7. The Morgan fingerprint density at radius 1 is 1.32 bits per heavy atom. The molecular weight excluding hydrogens is 244 g/mol. The van der Waals surface area contributed by atoms with E-state index in [0.29, 0.717) is 25.9 Å². The highest BCUT2D eigenvalue weighted by Crippen LogP contribution is 2.17. The Hall–Kier alpha value is -1.36. The van der Waals surface area contributed by atoms with E-state index in [2.05, 4.69) is 5.16 Å². The van der Waals surface area contributed by atoms with Crippen molar-refractivity contribution in [2.75, 3.05) is 13.1 Å². The highest BCUT2D eigenvalue weighted by molar-refractivity contribution is 5.76. The lowest BCUT2D eigenvalue weighted by atomic mass is 10.1. The number of ether oxygens (including phenoxy) is 1. The molecule has 1 aromatic rings. The summed E-state index contributed by atoms with van der Waals surface area (Å²) in [6, 6.07) is 0. The lowest BCUT2D eigenvalue weighted by Gasteiger charge is -2.35. The Bertz CT molecular complexity index is 426. The predicted molar refractivity (Wildman–Crippen MR) is 70.9 cm³/mol. The van der Waals surface area contributed by atoms with Gasteiger partial charge < -0.3 is 14.2 Å². The number of carbonyl (C=O) groups is 1. The fraction of sp³-hybridized carbons (Fsp3) is 0.714. The molecule has 0 aromatic carbocycles. The van der Waals surface area contributed by atoms with E-state index in [1.807, 2.05) is 32.6 Å². The van der Waals surface area contributed by atoms with Crippen molar-refractivity contribution in [2.24, 2.45) is 0 Å². The second-order valence-corrected chi connectivity index (χ2v) is 5.36. The van der Waals surface area contributed by atoms with Crippen LogP contribution >= 0.6 is 0 Å². The summed E-state index contributed by atoms with van der Waals surface area (Å²) in [4.78, 5) is 14.1. The standard InChI is InChI=1S/C14H22N2O3/c1-9-7-16(8-10(2)18-9)14(17)6-5-13-11(3)15-19-12(13)4/h9-10H,5-8H2,1-4H3/t9-,10-/m1/s1. The third-order valence-electron chi connectivity index (χ3n) is 3.54. The molecule has 1 aliphatic rings. The molecule has 2 heterocycles. The molecule has 5 nitrogen and oxygen atoms in total. The van der Waals surface area contributed by atoms with Crippen molar-refractivity contribution < 1.29 is 14.1 Å². The fourth-order valence-electron chi connectivity index (χ4n) is 2.63. The average molecular weight is 266 g/mol. The van der Waals surface area contributed by atoms with E-state index in [-0.39, 0.29) is 18.1 Å². The van der Waals surface area contributed by atoms with E-state index >= 15 is 0 Å². The monoisotopic (exact) mass is 266 g/mol. The number of rotatable bonds is 3. The summed E-state index contributed by atoms with van der Waals surface area (Å²) >= 11 is 0. The summed E-state index contributed by atoms with van der Waals surface area (Å²) in [5, 5.41) is 3.91. The zero-order valence-corrected chi connectivity index (χ0v) is 12.1. The Morgan fingerprint density at radius 2 is 1.95 bits per heavy atom. The first kappa shape index (κ1) is 14.1. The molecule has 0 spiro atoms. The number of amides is 1. The molecule has 0 saturated carbocycles. The van der Waals surface area contributed by atoms with Gasteiger partial charge >= 0.3 is 0 Å². The summed E-state index contributed by atoms with van der Waals surface area (Å²) < 4.78 is 10.7. The number of carbonyl (C=O) groups excluding carboxylic acids is 1. The van der Waals surface area contributed by atoms with E-state index in [0.717, 1.165) is 17.0 Å². The molecule has 2 rings (SSSR count). The van der Waals surface area contributed by atoms with Gasteiger partial charge in [0.15, 0.2) is 0 Å². The van der Waals surface area contributed by atoms with Crippen LogP contribution in [-0.2, 0) is 16.0 Å². The van der Waals surface area contributed by atoms with Gasteiger partial charge in [-0.2, -0.15) is 0 Å². The Labute approximate surface area is 113 Å². The van der Waals surface area contributed by atoms with Crippen molar-refractivity contribution in [3.05, 3.63) is 17.0 Å². The van der Waals surface area contributed by atoms with E-state index in [4.69, 9.17) is 9.26 Å². The molecule has 1 saturated heterocycles. The van der Waals surface area contributed by atoms with Crippen LogP contribution < -0.4 is 0 Å². The third-order valence-corrected chi connectivity index (χ3v) is 3.54. The van der Waals surface area contributed by atoms with Gasteiger partial charge in [0.25, 0.3) is 0 Å². The van der Waals surface area contributed by atoms with Crippen molar-refractivity contribution in [2.45, 2.75) is 52.7 Å². The molecule has 0 N–H and O–H groups in total. The van der Waals surface area contributed by atoms with Crippen molar-refractivity contribution in [3.8, 4) is 0 Å². The van der Waals surface area contributed by atoms with Gasteiger partial charge in [-0.1, -0.05) is 5.16 Å². The number of hydrogen-bond acceptors (Lipinski definition) is 4. The van der Waals surface area contributed by atoms with Crippen LogP contribution in [0.2, 0.25) is 0 Å². The highest BCUT2D eigenvalue weighted by Gasteiger charge is 2.25. The number of nitrogens with zero attached hydrogens (tertiary/aromatic N) is 2. The predicted octanol–water partition coefficient (Wildman–Crippen LogP) is 1.86. The third kappa shape index (κ3) is 3.35. The second kappa shape index (κ2) is 5.74. The first-order valence-electron chi connectivity index (χ1n) is 6.82. The number of aryl methyl sites for hydroxylation is 2.